The number of carbonyl (C=O) groups excluding carboxylic acids is 1. The summed E-state index contributed by atoms with van der Waals surface area (Å²) in [6.45, 7) is 5.87. The molecule has 0 aliphatic heterocycles. The van der Waals surface area contributed by atoms with Crippen LogP contribution in [0.4, 0.5) is 26.3 Å². The monoisotopic (exact) mass is 398 g/mol. The summed E-state index contributed by atoms with van der Waals surface area (Å²) in [5.41, 5.74) is -3.05. The zero-order valence-corrected chi connectivity index (χ0v) is 13.9. The molecule has 1 rings (SSSR count). The second-order valence-corrected chi connectivity index (χ2v) is 5.36. The molecule has 1 N–H and O–H groups in total. The number of hydrogen-bond acceptors (Lipinski definition) is 2. The van der Waals surface area contributed by atoms with Crippen LogP contribution in [0.15, 0.2) is 48.7 Å². The SMILES string of the molecule is C=C/C=C(\C(=C)C(F)(F)F)C(=O)NCCc1ncc(C(F)(F)F)cc1Cl. The zero-order chi connectivity index (χ0) is 20.1. The lowest BCUT2D eigenvalue weighted by atomic mass is 10.1. The topological polar surface area (TPSA) is 42.0 Å². The molecule has 0 fully saturated rings. The molecule has 142 valence electrons. The molecule has 0 atom stereocenters. The Morgan fingerprint density at radius 1 is 1.27 bits per heavy atom. The molecule has 0 aliphatic rings. The molecular weight excluding hydrogens is 386 g/mol. The van der Waals surface area contributed by atoms with E-state index in [-0.39, 0.29) is 23.7 Å². The molecule has 0 saturated heterocycles. The third-order valence-electron chi connectivity index (χ3n) is 3.09. The number of aromatic nitrogens is 1. The van der Waals surface area contributed by atoms with Crippen LogP contribution in [-0.2, 0) is 17.4 Å². The van der Waals surface area contributed by atoms with Crippen LogP contribution in [0.2, 0.25) is 5.02 Å². The highest BCUT2D eigenvalue weighted by Gasteiger charge is 2.36. The van der Waals surface area contributed by atoms with E-state index in [1.807, 2.05) is 0 Å². The maximum Gasteiger partial charge on any atom is 0.417 e. The van der Waals surface area contributed by atoms with Crippen LogP contribution in [0.1, 0.15) is 11.3 Å². The summed E-state index contributed by atoms with van der Waals surface area (Å²) in [7, 11) is 0. The van der Waals surface area contributed by atoms with Gasteiger partial charge in [0.2, 0.25) is 0 Å². The Kier molecular flexibility index (Phi) is 7.02. The molecule has 0 radical (unpaired) electrons. The maximum absolute atomic E-state index is 12.7. The van der Waals surface area contributed by atoms with Crippen molar-refractivity contribution in [3.05, 3.63) is 65.0 Å². The van der Waals surface area contributed by atoms with Gasteiger partial charge in [-0.1, -0.05) is 30.8 Å². The van der Waals surface area contributed by atoms with Crippen molar-refractivity contribution in [1.29, 1.82) is 0 Å². The van der Waals surface area contributed by atoms with E-state index in [0.29, 0.717) is 12.3 Å². The lowest BCUT2D eigenvalue weighted by Crippen LogP contribution is -2.30. The van der Waals surface area contributed by atoms with E-state index in [0.717, 1.165) is 12.2 Å². The Hall–Kier alpha value is -2.29. The second-order valence-electron chi connectivity index (χ2n) is 4.95. The van der Waals surface area contributed by atoms with Crippen molar-refractivity contribution in [2.45, 2.75) is 18.8 Å². The van der Waals surface area contributed by atoms with Crippen LogP contribution in [0.5, 0.6) is 0 Å². The highest BCUT2D eigenvalue weighted by atomic mass is 35.5. The summed E-state index contributed by atoms with van der Waals surface area (Å²) < 4.78 is 75.6. The Morgan fingerprint density at radius 2 is 1.88 bits per heavy atom. The number of amides is 1. The van der Waals surface area contributed by atoms with Gasteiger partial charge in [-0.15, -0.1) is 0 Å². The quantitative estimate of drug-likeness (QED) is 0.431. The van der Waals surface area contributed by atoms with Crippen molar-refractivity contribution in [2.24, 2.45) is 0 Å². The van der Waals surface area contributed by atoms with E-state index in [9.17, 15) is 31.1 Å². The fourth-order valence-corrected chi connectivity index (χ4v) is 2.04. The number of hydrogen-bond donors (Lipinski definition) is 1. The molecule has 10 heteroatoms. The van der Waals surface area contributed by atoms with Crippen LogP contribution >= 0.6 is 11.6 Å². The smallest absolute Gasteiger partial charge is 0.352 e. The molecule has 0 spiro atoms. The van der Waals surface area contributed by atoms with E-state index in [1.165, 1.54) is 0 Å². The van der Waals surface area contributed by atoms with Crippen LogP contribution in [0.25, 0.3) is 0 Å². The number of nitrogens with one attached hydrogen (secondary N) is 1. The molecule has 3 nitrogen and oxygen atoms in total. The van der Waals surface area contributed by atoms with Crippen molar-refractivity contribution >= 4 is 17.5 Å². The maximum atomic E-state index is 12.7. The van der Waals surface area contributed by atoms with Crippen molar-refractivity contribution in [3.8, 4) is 0 Å². The molecule has 0 bridgehead atoms. The van der Waals surface area contributed by atoms with E-state index in [4.69, 9.17) is 11.6 Å². The Bertz CT molecular complexity index is 737. The van der Waals surface area contributed by atoms with Gasteiger partial charge in [0.25, 0.3) is 5.91 Å². The number of nitrogens with zero attached hydrogens (tertiary/aromatic N) is 1. The van der Waals surface area contributed by atoms with Gasteiger partial charge in [0, 0.05) is 19.2 Å². The van der Waals surface area contributed by atoms with Crippen molar-refractivity contribution in [2.75, 3.05) is 6.54 Å². The van der Waals surface area contributed by atoms with Gasteiger partial charge < -0.3 is 5.32 Å². The molecule has 1 heterocycles. The van der Waals surface area contributed by atoms with Crippen LogP contribution in [-0.4, -0.2) is 23.6 Å². The number of allylic oxidation sites excluding steroid dienone is 2. The summed E-state index contributed by atoms with van der Waals surface area (Å²) in [5, 5.41) is 1.94. The van der Waals surface area contributed by atoms with E-state index < -0.39 is 35.0 Å². The summed E-state index contributed by atoms with van der Waals surface area (Å²) in [4.78, 5) is 15.5. The van der Waals surface area contributed by atoms with Crippen molar-refractivity contribution in [3.63, 3.8) is 0 Å². The number of alkyl halides is 6. The fourth-order valence-electron chi connectivity index (χ4n) is 1.78. The third kappa shape index (κ3) is 5.91. The summed E-state index contributed by atoms with van der Waals surface area (Å²) in [5.74, 6) is -1.06. The van der Waals surface area contributed by atoms with Gasteiger partial charge in [-0.3, -0.25) is 9.78 Å². The van der Waals surface area contributed by atoms with Crippen molar-refractivity contribution < 1.29 is 31.1 Å². The van der Waals surface area contributed by atoms with Crippen molar-refractivity contribution in [1.82, 2.24) is 10.3 Å². The first-order valence-corrected chi connectivity index (χ1v) is 7.34. The minimum atomic E-state index is -4.80. The Labute approximate surface area is 150 Å². The zero-order valence-electron chi connectivity index (χ0n) is 13.1. The lowest BCUT2D eigenvalue weighted by molar-refractivity contribution is -0.137. The normalized spacial score (nSPS) is 12.7. The predicted octanol–water partition coefficient (Wildman–Crippen LogP) is 4.64. The average Bonchev–Trinajstić information content (AvgIpc) is 2.51. The molecule has 1 amide bonds. The highest BCUT2D eigenvalue weighted by molar-refractivity contribution is 6.31. The second kappa shape index (κ2) is 8.39. The number of halogens is 7. The average molecular weight is 399 g/mol. The molecule has 26 heavy (non-hydrogen) atoms. The minimum absolute atomic E-state index is 0.0591. The van der Waals surface area contributed by atoms with Crippen LogP contribution in [0.3, 0.4) is 0 Å². The minimum Gasteiger partial charge on any atom is -0.352 e. The molecule has 0 aromatic carbocycles. The largest absolute Gasteiger partial charge is 0.417 e. The van der Waals surface area contributed by atoms with E-state index in [1.54, 1.807) is 0 Å². The molecule has 0 saturated carbocycles. The van der Waals surface area contributed by atoms with Gasteiger partial charge in [-0.25, -0.2) is 0 Å². The summed E-state index contributed by atoms with van der Waals surface area (Å²) >= 11 is 5.71. The van der Waals surface area contributed by atoms with Gasteiger partial charge in [0.1, 0.15) is 0 Å². The molecular formula is C16H13ClF6N2O. The molecule has 1 aromatic heterocycles. The first-order chi connectivity index (χ1) is 11.9. The van der Waals surface area contributed by atoms with E-state index >= 15 is 0 Å². The van der Waals surface area contributed by atoms with Gasteiger partial charge >= 0.3 is 12.4 Å². The Morgan fingerprint density at radius 3 is 2.35 bits per heavy atom. The molecule has 0 aliphatic carbocycles. The molecule has 1 aromatic rings. The van der Waals surface area contributed by atoms with E-state index in [2.05, 4.69) is 23.5 Å². The molecule has 0 unspecified atom stereocenters. The van der Waals surface area contributed by atoms with Crippen LogP contribution in [0, 0.1) is 0 Å². The first-order valence-electron chi connectivity index (χ1n) is 6.97. The van der Waals surface area contributed by atoms with Gasteiger partial charge in [-0.2, -0.15) is 26.3 Å². The predicted molar refractivity (Wildman–Crippen MR) is 84.4 cm³/mol. The lowest BCUT2D eigenvalue weighted by Gasteiger charge is -2.14. The van der Waals surface area contributed by atoms with Gasteiger partial charge in [0.15, 0.2) is 0 Å². The standard InChI is InChI=1S/C16H13ClF6N2O/c1-3-4-11(9(2)15(18,19)20)14(26)24-6-5-13-12(17)7-10(8-25-13)16(21,22)23/h3-4,7-8H,1-2,5-6H2,(H,24,26)/b11-4+. The number of rotatable bonds is 6. The van der Waals surface area contributed by atoms with Gasteiger partial charge in [-0.05, 0) is 12.1 Å². The van der Waals surface area contributed by atoms with Gasteiger partial charge in [0.05, 0.1) is 27.4 Å². The summed E-state index contributed by atoms with van der Waals surface area (Å²) in [6.07, 6.45) is -7.05. The number of pyridine rings is 1. The Balaban J connectivity index is 2.78. The summed E-state index contributed by atoms with van der Waals surface area (Å²) in [6, 6.07) is 0.681. The highest BCUT2D eigenvalue weighted by Crippen LogP contribution is 2.31. The third-order valence-corrected chi connectivity index (χ3v) is 3.42. The number of carbonyl (C=O) groups is 1. The van der Waals surface area contributed by atoms with Crippen LogP contribution < -0.4 is 5.32 Å². The first kappa shape index (κ1) is 21.8. The fraction of sp³-hybridized carbons (Fsp3) is 0.250.